The van der Waals surface area contributed by atoms with Crippen LogP contribution in [-0.2, 0) is 17.8 Å². The van der Waals surface area contributed by atoms with Crippen molar-refractivity contribution in [2.45, 2.75) is 25.8 Å². The third-order valence-corrected chi connectivity index (χ3v) is 6.30. The summed E-state index contributed by atoms with van der Waals surface area (Å²) in [6.45, 7) is 5.60. The molecule has 0 N–H and O–H groups in total. The normalized spacial score (nSPS) is 19.1. The number of piperazine rings is 1. The van der Waals surface area contributed by atoms with E-state index in [1.165, 1.54) is 11.1 Å². The van der Waals surface area contributed by atoms with Crippen molar-refractivity contribution in [1.29, 1.82) is 0 Å². The molecule has 2 saturated heterocycles. The second-order valence-electron chi connectivity index (χ2n) is 8.31. The fourth-order valence-corrected chi connectivity index (χ4v) is 4.62. The Balaban J connectivity index is 1.19. The van der Waals surface area contributed by atoms with Crippen LogP contribution in [0.4, 0.5) is 5.69 Å². The van der Waals surface area contributed by atoms with Crippen LogP contribution in [-0.4, -0.2) is 60.9 Å². The molecule has 6 heteroatoms. The molecule has 0 atom stereocenters. The van der Waals surface area contributed by atoms with Crippen LogP contribution in [0.3, 0.4) is 0 Å². The van der Waals surface area contributed by atoms with Gasteiger partial charge in [-0.2, -0.15) is 0 Å². The second-order valence-corrected chi connectivity index (χ2v) is 8.31. The molecule has 2 aromatic carbocycles. The van der Waals surface area contributed by atoms with Crippen LogP contribution in [0, 0.1) is 0 Å². The Bertz CT molecular complexity index is 966. The van der Waals surface area contributed by atoms with Crippen molar-refractivity contribution in [2.24, 2.45) is 0 Å². The molecule has 3 aliphatic rings. The average Bonchev–Trinajstić information content (AvgIpc) is 3.42. The Morgan fingerprint density at radius 1 is 0.967 bits per heavy atom. The lowest BCUT2D eigenvalue weighted by atomic mass is 10.1. The molecule has 0 aliphatic carbocycles. The highest BCUT2D eigenvalue weighted by Crippen LogP contribution is 2.27. The molecule has 2 aromatic rings. The van der Waals surface area contributed by atoms with E-state index < -0.39 is 0 Å². The van der Waals surface area contributed by atoms with Crippen molar-refractivity contribution >= 4 is 17.5 Å². The Morgan fingerprint density at radius 2 is 1.83 bits per heavy atom. The number of hydrogen-bond donors (Lipinski definition) is 0. The van der Waals surface area contributed by atoms with Crippen molar-refractivity contribution in [2.75, 3.05) is 44.2 Å². The standard InChI is InChI=1S/C24H27N3O3/c28-23-5-2-9-27(23)21-4-1-3-20(16-21)24(29)26-12-10-25(11-13-26)17-18-6-7-22-19(15-18)8-14-30-22/h1,3-4,6-7,15-16H,2,5,8-14,17H2. The van der Waals surface area contributed by atoms with E-state index in [1.54, 1.807) is 4.90 Å². The summed E-state index contributed by atoms with van der Waals surface area (Å²) in [6, 6.07) is 14.0. The molecule has 0 unspecified atom stereocenters. The molecule has 2 fully saturated rings. The highest BCUT2D eigenvalue weighted by atomic mass is 16.5. The molecule has 0 saturated carbocycles. The third kappa shape index (κ3) is 3.79. The number of rotatable bonds is 4. The maximum Gasteiger partial charge on any atom is 0.254 e. The number of hydrogen-bond acceptors (Lipinski definition) is 4. The zero-order valence-corrected chi connectivity index (χ0v) is 17.2. The van der Waals surface area contributed by atoms with Gasteiger partial charge in [-0.15, -0.1) is 0 Å². The molecule has 0 bridgehead atoms. The second kappa shape index (κ2) is 8.11. The number of benzene rings is 2. The van der Waals surface area contributed by atoms with Crippen LogP contribution in [0.1, 0.15) is 34.3 Å². The molecule has 156 valence electrons. The first-order valence-electron chi connectivity index (χ1n) is 10.8. The molecule has 3 heterocycles. The minimum Gasteiger partial charge on any atom is -0.493 e. The smallest absolute Gasteiger partial charge is 0.254 e. The SMILES string of the molecule is O=C(c1cccc(N2CCCC2=O)c1)N1CCN(Cc2ccc3c(c2)CCO3)CC1. The zero-order valence-electron chi connectivity index (χ0n) is 17.2. The minimum atomic E-state index is 0.0535. The van der Waals surface area contributed by atoms with E-state index in [1.807, 2.05) is 29.2 Å². The molecule has 0 radical (unpaired) electrons. The van der Waals surface area contributed by atoms with Crippen molar-refractivity contribution < 1.29 is 14.3 Å². The van der Waals surface area contributed by atoms with Gasteiger partial charge in [-0.05, 0) is 41.8 Å². The summed E-state index contributed by atoms with van der Waals surface area (Å²) in [5.74, 6) is 1.22. The molecule has 0 aromatic heterocycles. The van der Waals surface area contributed by atoms with Crippen molar-refractivity contribution in [1.82, 2.24) is 9.80 Å². The van der Waals surface area contributed by atoms with Gasteiger partial charge < -0.3 is 14.5 Å². The Morgan fingerprint density at radius 3 is 2.63 bits per heavy atom. The average molecular weight is 405 g/mol. The van der Waals surface area contributed by atoms with E-state index in [2.05, 4.69) is 23.1 Å². The van der Waals surface area contributed by atoms with Crippen LogP contribution in [0.15, 0.2) is 42.5 Å². The molecular weight excluding hydrogens is 378 g/mol. The summed E-state index contributed by atoms with van der Waals surface area (Å²) in [7, 11) is 0. The number of nitrogens with zero attached hydrogens (tertiary/aromatic N) is 3. The Labute approximate surface area is 177 Å². The van der Waals surface area contributed by atoms with Crippen LogP contribution >= 0.6 is 0 Å². The van der Waals surface area contributed by atoms with Crippen LogP contribution in [0.2, 0.25) is 0 Å². The predicted octanol–water partition coefficient (Wildman–Crippen LogP) is 2.71. The van der Waals surface area contributed by atoms with Crippen molar-refractivity contribution in [3.05, 3.63) is 59.2 Å². The maximum atomic E-state index is 13.0. The van der Waals surface area contributed by atoms with E-state index in [4.69, 9.17) is 4.74 Å². The first-order chi connectivity index (χ1) is 14.7. The van der Waals surface area contributed by atoms with Gasteiger partial charge in [0.2, 0.25) is 5.91 Å². The van der Waals surface area contributed by atoms with Gasteiger partial charge in [-0.1, -0.05) is 18.2 Å². The highest BCUT2D eigenvalue weighted by Gasteiger charge is 2.25. The maximum absolute atomic E-state index is 13.0. The number of carbonyl (C=O) groups excluding carboxylic acids is 2. The summed E-state index contributed by atoms with van der Waals surface area (Å²) in [5.41, 5.74) is 4.11. The van der Waals surface area contributed by atoms with Gasteiger partial charge in [-0.25, -0.2) is 0 Å². The molecule has 5 rings (SSSR count). The number of ether oxygens (including phenoxy) is 1. The largest absolute Gasteiger partial charge is 0.493 e. The quantitative estimate of drug-likeness (QED) is 0.785. The topological polar surface area (TPSA) is 53.1 Å². The van der Waals surface area contributed by atoms with E-state index in [0.717, 1.165) is 70.2 Å². The summed E-state index contributed by atoms with van der Waals surface area (Å²) in [5, 5.41) is 0. The lowest BCUT2D eigenvalue weighted by Crippen LogP contribution is -2.48. The number of fused-ring (bicyclic) bond motifs is 1. The summed E-state index contributed by atoms with van der Waals surface area (Å²) >= 11 is 0. The molecule has 3 aliphatic heterocycles. The monoisotopic (exact) mass is 405 g/mol. The summed E-state index contributed by atoms with van der Waals surface area (Å²) in [4.78, 5) is 31.2. The van der Waals surface area contributed by atoms with Crippen molar-refractivity contribution in [3.8, 4) is 5.75 Å². The number of anilines is 1. The van der Waals surface area contributed by atoms with E-state index in [-0.39, 0.29) is 11.8 Å². The van der Waals surface area contributed by atoms with Gasteiger partial charge in [0.15, 0.2) is 0 Å². The zero-order chi connectivity index (χ0) is 20.5. The highest BCUT2D eigenvalue weighted by molar-refractivity contribution is 5.99. The minimum absolute atomic E-state index is 0.0535. The van der Waals surface area contributed by atoms with Gasteiger partial charge in [-0.3, -0.25) is 14.5 Å². The lowest BCUT2D eigenvalue weighted by molar-refractivity contribution is -0.117. The van der Waals surface area contributed by atoms with Crippen molar-refractivity contribution in [3.63, 3.8) is 0 Å². The molecular formula is C24H27N3O3. The first-order valence-corrected chi connectivity index (χ1v) is 10.8. The van der Waals surface area contributed by atoms with Gasteiger partial charge in [0.25, 0.3) is 5.91 Å². The summed E-state index contributed by atoms with van der Waals surface area (Å²) < 4.78 is 5.59. The first kappa shape index (κ1) is 19.1. The predicted molar refractivity (Wildman–Crippen MR) is 115 cm³/mol. The molecule has 30 heavy (non-hydrogen) atoms. The van der Waals surface area contributed by atoms with Gasteiger partial charge in [0, 0.05) is 63.4 Å². The van der Waals surface area contributed by atoms with Crippen LogP contribution < -0.4 is 9.64 Å². The molecule has 2 amide bonds. The van der Waals surface area contributed by atoms with E-state index in [9.17, 15) is 9.59 Å². The molecule has 0 spiro atoms. The van der Waals surface area contributed by atoms with Crippen LogP contribution in [0.5, 0.6) is 5.75 Å². The van der Waals surface area contributed by atoms with Crippen LogP contribution in [0.25, 0.3) is 0 Å². The molecule has 6 nitrogen and oxygen atoms in total. The number of amides is 2. The van der Waals surface area contributed by atoms with Gasteiger partial charge in [0.05, 0.1) is 6.61 Å². The fraction of sp³-hybridized carbons (Fsp3) is 0.417. The third-order valence-electron chi connectivity index (χ3n) is 6.30. The summed E-state index contributed by atoms with van der Waals surface area (Å²) in [6.07, 6.45) is 2.47. The van der Waals surface area contributed by atoms with Gasteiger partial charge in [0.1, 0.15) is 5.75 Å². The number of carbonyl (C=O) groups is 2. The Hall–Kier alpha value is -2.86. The van der Waals surface area contributed by atoms with E-state index >= 15 is 0 Å². The fourth-order valence-electron chi connectivity index (χ4n) is 4.62. The van der Waals surface area contributed by atoms with Gasteiger partial charge >= 0.3 is 0 Å². The Kier molecular flexibility index (Phi) is 5.17. The van der Waals surface area contributed by atoms with E-state index in [0.29, 0.717) is 12.0 Å². The lowest BCUT2D eigenvalue weighted by Gasteiger charge is -2.35.